The molecular formula is C11H17N5O4. The number of rotatable bonds is 5. The van der Waals surface area contributed by atoms with Gasteiger partial charge in [0.2, 0.25) is 11.7 Å². The van der Waals surface area contributed by atoms with Gasteiger partial charge in [0, 0.05) is 5.41 Å². The van der Waals surface area contributed by atoms with Crippen molar-refractivity contribution in [3.8, 4) is 0 Å². The molecule has 0 unspecified atom stereocenters. The molecule has 0 spiro atoms. The summed E-state index contributed by atoms with van der Waals surface area (Å²) in [5.41, 5.74) is -0.273. The van der Waals surface area contributed by atoms with Gasteiger partial charge in [-0.15, -0.1) is 5.10 Å². The van der Waals surface area contributed by atoms with Crippen molar-refractivity contribution < 1.29 is 19.5 Å². The van der Waals surface area contributed by atoms with Crippen LogP contribution in [0.15, 0.2) is 0 Å². The summed E-state index contributed by atoms with van der Waals surface area (Å²) in [6.07, 6.45) is 0. The number of amides is 2. The average Bonchev–Trinajstić information content (AvgIpc) is 2.82. The molecule has 9 heteroatoms. The first-order valence-electron chi connectivity index (χ1n) is 5.89. The molecule has 0 atom stereocenters. The Bertz CT molecular complexity index is 517. The largest absolute Gasteiger partial charge is 0.480 e. The summed E-state index contributed by atoms with van der Waals surface area (Å²) in [6.45, 7) is 4.90. The van der Waals surface area contributed by atoms with Crippen LogP contribution < -0.4 is 10.6 Å². The van der Waals surface area contributed by atoms with E-state index < -0.39 is 24.3 Å². The highest BCUT2D eigenvalue weighted by atomic mass is 16.4. The van der Waals surface area contributed by atoms with Crippen molar-refractivity contribution in [2.45, 2.75) is 26.2 Å². The molecule has 0 fully saturated rings. The number of carbonyl (C=O) groups is 3. The number of aliphatic carboxylic acids is 1. The zero-order valence-electron chi connectivity index (χ0n) is 11.5. The molecule has 1 rings (SSSR count). The van der Waals surface area contributed by atoms with Crippen molar-refractivity contribution in [1.82, 2.24) is 25.8 Å². The molecular weight excluding hydrogens is 266 g/mol. The van der Waals surface area contributed by atoms with E-state index >= 15 is 0 Å². The quantitative estimate of drug-likeness (QED) is 0.549. The van der Waals surface area contributed by atoms with Gasteiger partial charge in [-0.25, -0.2) is 4.98 Å². The lowest BCUT2D eigenvalue weighted by atomic mass is 9.96. The molecule has 0 bridgehead atoms. The number of aromatic amines is 1. The monoisotopic (exact) mass is 283 g/mol. The first kappa shape index (κ1) is 15.6. The lowest BCUT2D eigenvalue weighted by Gasteiger charge is -2.12. The van der Waals surface area contributed by atoms with Crippen LogP contribution in [-0.4, -0.2) is 51.2 Å². The molecule has 0 saturated heterocycles. The van der Waals surface area contributed by atoms with Gasteiger partial charge in [0.15, 0.2) is 0 Å². The van der Waals surface area contributed by atoms with E-state index in [1.807, 2.05) is 20.8 Å². The Morgan fingerprint density at radius 2 is 1.85 bits per heavy atom. The zero-order chi connectivity index (χ0) is 15.3. The third-order valence-electron chi connectivity index (χ3n) is 2.25. The van der Waals surface area contributed by atoms with Gasteiger partial charge in [0.25, 0.3) is 5.91 Å². The van der Waals surface area contributed by atoms with Gasteiger partial charge in [-0.1, -0.05) is 20.8 Å². The molecule has 1 heterocycles. The van der Waals surface area contributed by atoms with E-state index in [4.69, 9.17) is 5.11 Å². The number of nitrogens with one attached hydrogen (secondary N) is 3. The Morgan fingerprint density at radius 3 is 2.35 bits per heavy atom. The molecule has 0 aliphatic rings. The van der Waals surface area contributed by atoms with Crippen LogP contribution in [0.2, 0.25) is 0 Å². The third kappa shape index (κ3) is 4.67. The van der Waals surface area contributed by atoms with Crippen LogP contribution in [0.4, 0.5) is 0 Å². The highest BCUT2D eigenvalue weighted by Gasteiger charge is 2.21. The van der Waals surface area contributed by atoms with Crippen LogP contribution in [0.5, 0.6) is 0 Å². The van der Waals surface area contributed by atoms with Crippen molar-refractivity contribution in [3.05, 3.63) is 11.6 Å². The summed E-state index contributed by atoms with van der Waals surface area (Å²) < 4.78 is 0. The molecule has 0 aliphatic heterocycles. The minimum atomic E-state index is -1.16. The topological polar surface area (TPSA) is 137 Å². The normalized spacial score (nSPS) is 10.9. The lowest BCUT2D eigenvalue weighted by Crippen LogP contribution is -2.39. The van der Waals surface area contributed by atoms with Crippen molar-refractivity contribution in [2.24, 2.45) is 0 Å². The summed E-state index contributed by atoms with van der Waals surface area (Å²) in [7, 11) is 0. The standard InChI is InChI=1S/C11H17N5O4/c1-11(2,3)10-14-8(15-16-10)9(20)13-4-6(17)12-5-7(18)19/h4-5H2,1-3H3,(H,12,17)(H,13,20)(H,18,19)(H,14,15,16). The number of hydrogen-bond donors (Lipinski definition) is 4. The second kappa shape index (κ2) is 6.13. The second-order valence-corrected chi connectivity index (χ2v) is 5.11. The highest BCUT2D eigenvalue weighted by molar-refractivity contribution is 5.93. The number of nitrogens with zero attached hydrogens (tertiary/aromatic N) is 2. The van der Waals surface area contributed by atoms with E-state index in [0.29, 0.717) is 5.82 Å². The van der Waals surface area contributed by atoms with Crippen molar-refractivity contribution >= 4 is 17.8 Å². The van der Waals surface area contributed by atoms with Crippen molar-refractivity contribution in [3.63, 3.8) is 0 Å². The maximum atomic E-state index is 11.7. The molecule has 9 nitrogen and oxygen atoms in total. The summed E-state index contributed by atoms with van der Waals surface area (Å²) in [5.74, 6) is -1.89. The smallest absolute Gasteiger partial charge is 0.322 e. The molecule has 1 aromatic rings. The van der Waals surface area contributed by atoms with E-state index in [0.717, 1.165) is 0 Å². The molecule has 110 valence electrons. The molecule has 0 aliphatic carbocycles. The Morgan fingerprint density at radius 1 is 1.20 bits per heavy atom. The maximum Gasteiger partial charge on any atom is 0.322 e. The lowest BCUT2D eigenvalue weighted by molar-refractivity contribution is -0.137. The minimum Gasteiger partial charge on any atom is -0.480 e. The third-order valence-corrected chi connectivity index (χ3v) is 2.25. The number of H-pyrrole nitrogens is 1. The first-order chi connectivity index (χ1) is 9.20. The number of carboxylic acid groups (broad SMARTS) is 1. The highest BCUT2D eigenvalue weighted by Crippen LogP contribution is 2.17. The predicted molar refractivity (Wildman–Crippen MR) is 68.1 cm³/mol. The summed E-state index contributed by atoms with van der Waals surface area (Å²) in [4.78, 5) is 37.1. The number of aromatic nitrogens is 3. The summed E-state index contributed by atoms with van der Waals surface area (Å²) in [5, 5.41) is 19.2. The fraction of sp³-hybridized carbons (Fsp3) is 0.545. The van der Waals surface area contributed by atoms with Crippen molar-refractivity contribution in [1.29, 1.82) is 0 Å². The van der Waals surface area contributed by atoms with Gasteiger partial charge in [0.05, 0.1) is 6.54 Å². The minimum absolute atomic E-state index is 0.0686. The van der Waals surface area contributed by atoms with Gasteiger partial charge in [-0.05, 0) is 0 Å². The van der Waals surface area contributed by atoms with Gasteiger partial charge in [-0.3, -0.25) is 19.5 Å². The van der Waals surface area contributed by atoms with E-state index in [2.05, 4.69) is 25.8 Å². The Kier molecular flexibility index (Phi) is 4.78. The van der Waals surface area contributed by atoms with Gasteiger partial charge < -0.3 is 15.7 Å². The molecule has 4 N–H and O–H groups in total. The van der Waals surface area contributed by atoms with Crippen LogP contribution in [0, 0.1) is 0 Å². The van der Waals surface area contributed by atoms with Crippen LogP contribution in [0.25, 0.3) is 0 Å². The number of carboxylic acids is 1. The number of carbonyl (C=O) groups excluding carboxylic acids is 2. The predicted octanol–water partition coefficient (Wildman–Crippen LogP) is -0.967. The maximum absolute atomic E-state index is 11.7. The molecule has 0 radical (unpaired) electrons. The van der Waals surface area contributed by atoms with Crippen LogP contribution in [0.3, 0.4) is 0 Å². The molecule has 0 saturated carbocycles. The average molecular weight is 283 g/mol. The van der Waals surface area contributed by atoms with E-state index in [1.165, 1.54) is 0 Å². The molecule has 2 amide bonds. The SMILES string of the molecule is CC(C)(C)c1nc(C(=O)NCC(=O)NCC(=O)O)n[nH]1. The van der Waals surface area contributed by atoms with E-state index in [1.54, 1.807) is 0 Å². The van der Waals surface area contributed by atoms with Crippen molar-refractivity contribution in [2.75, 3.05) is 13.1 Å². The van der Waals surface area contributed by atoms with E-state index in [9.17, 15) is 14.4 Å². The van der Waals surface area contributed by atoms with E-state index in [-0.39, 0.29) is 17.8 Å². The number of hydrogen-bond acceptors (Lipinski definition) is 5. The fourth-order valence-electron chi connectivity index (χ4n) is 1.18. The first-order valence-corrected chi connectivity index (χ1v) is 5.89. The fourth-order valence-corrected chi connectivity index (χ4v) is 1.18. The Hall–Kier alpha value is -2.45. The van der Waals surface area contributed by atoms with Crippen LogP contribution in [-0.2, 0) is 15.0 Å². The summed E-state index contributed by atoms with van der Waals surface area (Å²) in [6, 6.07) is 0. The van der Waals surface area contributed by atoms with Gasteiger partial charge >= 0.3 is 5.97 Å². The second-order valence-electron chi connectivity index (χ2n) is 5.11. The van der Waals surface area contributed by atoms with Gasteiger partial charge in [-0.2, -0.15) is 0 Å². The van der Waals surface area contributed by atoms with Gasteiger partial charge in [0.1, 0.15) is 12.4 Å². The summed E-state index contributed by atoms with van der Waals surface area (Å²) >= 11 is 0. The Labute approximate surface area is 115 Å². The molecule has 20 heavy (non-hydrogen) atoms. The van der Waals surface area contributed by atoms with Crippen LogP contribution in [0.1, 0.15) is 37.2 Å². The molecule has 1 aromatic heterocycles. The zero-order valence-corrected chi connectivity index (χ0v) is 11.5. The Balaban J connectivity index is 2.49. The van der Waals surface area contributed by atoms with Crippen LogP contribution >= 0.6 is 0 Å². The molecule has 0 aromatic carbocycles.